The van der Waals surface area contributed by atoms with E-state index in [1.54, 1.807) is 12.5 Å². The van der Waals surface area contributed by atoms with Gasteiger partial charge in [-0.25, -0.2) is 15.0 Å². The largest absolute Gasteiger partial charge is 0.306 e. The summed E-state index contributed by atoms with van der Waals surface area (Å²) in [7, 11) is 0. The third-order valence-corrected chi connectivity index (χ3v) is 2.99. The van der Waals surface area contributed by atoms with E-state index in [9.17, 15) is 0 Å². The van der Waals surface area contributed by atoms with Gasteiger partial charge >= 0.3 is 0 Å². The normalized spacial score (nSPS) is 10.9. The van der Waals surface area contributed by atoms with Crippen molar-refractivity contribution in [1.29, 1.82) is 0 Å². The smallest absolute Gasteiger partial charge is 0.167 e. The Hall–Kier alpha value is -1.65. The molecule has 0 saturated heterocycles. The van der Waals surface area contributed by atoms with Gasteiger partial charge in [-0.05, 0) is 18.2 Å². The van der Waals surface area contributed by atoms with Crippen LogP contribution >= 0.6 is 23.2 Å². The van der Waals surface area contributed by atoms with Crippen molar-refractivity contribution in [2.45, 2.75) is 0 Å². The first-order valence-corrected chi connectivity index (χ1v) is 5.61. The Morgan fingerprint density at radius 1 is 1.00 bits per heavy atom. The molecule has 0 amide bonds. The fourth-order valence-corrected chi connectivity index (χ4v) is 1.84. The molecule has 0 bridgehead atoms. The predicted molar refractivity (Wildman–Crippen MR) is 66.7 cm³/mol. The van der Waals surface area contributed by atoms with Crippen molar-refractivity contribution in [2.24, 2.45) is 0 Å². The Kier molecular flexibility index (Phi) is 2.46. The average molecular weight is 265 g/mol. The molecule has 0 spiro atoms. The monoisotopic (exact) mass is 264 g/mol. The summed E-state index contributed by atoms with van der Waals surface area (Å²) in [6.07, 6.45) is 5.28. The molecule has 0 aliphatic carbocycles. The summed E-state index contributed by atoms with van der Waals surface area (Å²) >= 11 is 11.6. The lowest BCUT2D eigenvalue weighted by molar-refractivity contribution is 1.06. The van der Waals surface area contributed by atoms with E-state index >= 15 is 0 Å². The second kappa shape index (κ2) is 3.98. The Balaban J connectivity index is 2.22. The van der Waals surface area contributed by atoms with Crippen LogP contribution in [0.1, 0.15) is 0 Å². The van der Waals surface area contributed by atoms with E-state index in [1.165, 1.54) is 0 Å². The first-order chi connectivity index (χ1) is 8.24. The summed E-state index contributed by atoms with van der Waals surface area (Å²) in [5.74, 6) is 0. The average Bonchev–Trinajstić information content (AvgIpc) is 2.83. The van der Waals surface area contributed by atoms with E-state index in [-0.39, 0.29) is 10.3 Å². The number of imidazole rings is 1. The first kappa shape index (κ1) is 10.5. The summed E-state index contributed by atoms with van der Waals surface area (Å²) in [4.78, 5) is 12.3. The van der Waals surface area contributed by atoms with Crippen LogP contribution in [-0.2, 0) is 0 Å². The van der Waals surface area contributed by atoms with E-state index in [2.05, 4.69) is 15.0 Å². The van der Waals surface area contributed by atoms with Gasteiger partial charge in [0.1, 0.15) is 0 Å². The minimum absolute atomic E-state index is 0.210. The van der Waals surface area contributed by atoms with Gasteiger partial charge < -0.3 is 4.57 Å². The molecule has 0 N–H and O–H groups in total. The number of rotatable bonds is 1. The highest BCUT2D eigenvalue weighted by atomic mass is 35.5. The molecule has 0 atom stereocenters. The van der Waals surface area contributed by atoms with E-state index in [1.807, 2.05) is 29.0 Å². The highest BCUT2D eigenvalue weighted by molar-refractivity contribution is 6.40. The highest BCUT2D eigenvalue weighted by Crippen LogP contribution is 2.22. The van der Waals surface area contributed by atoms with Gasteiger partial charge in [0, 0.05) is 18.1 Å². The Morgan fingerprint density at radius 3 is 2.47 bits per heavy atom. The van der Waals surface area contributed by atoms with Gasteiger partial charge in [0.05, 0.1) is 17.4 Å². The lowest BCUT2D eigenvalue weighted by Gasteiger charge is -2.04. The fraction of sp³-hybridized carbons (Fsp3) is 0. The van der Waals surface area contributed by atoms with Gasteiger partial charge in [-0.1, -0.05) is 23.2 Å². The first-order valence-electron chi connectivity index (χ1n) is 4.85. The summed E-state index contributed by atoms with van der Waals surface area (Å²) in [6.45, 7) is 0. The number of benzene rings is 1. The van der Waals surface area contributed by atoms with E-state index in [4.69, 9.17) is 23.2 Å². The van der Waals surface area contributed by atoms with Crippen LogP contribution in [0.5, 0.6) is 0 Å². The number of aromatic nitrogens is 4. The summed E-state index contributed by atoms with van der Waals surface area (Å²) in [6, 6.07) is 5.65. The molecule has 0 unspecified atom stereocenters. The fourth-order valence-electron chi connectivity index (χ4n) is 1.57. The van der Waals surface area contributed by atoms with E-state index in [0.717, 1.165) is 5.69 Å². The van der Waals surface area contributed by atoms with Crippen LogP contribution in [0.25, 0.3) is 16.7 Å². The van der Waals surface area contributed by atoms with Crippen molar-refractivity contribution in [3.05, 3.63) is 47.2 Å². The number of hydrogen-bond donors (Lipinski definition) is 0. The Bertz CT molecular complexity index is 679. The molecule has 3 rings (SSSR count). The van der Waals surface area contributed by atoms with Crippen molar-refractivity contribution in [3.63, 3.8) is 0 Å². The van der Waals surface area contributed by atoms with Crippen LogP contribution < -0.4 is 0 Å². The van der Waals surface area contributed by atoms with E-state index in [0.29, 0.717) is 11.0 Å². The minimum Gasteiger partial charge on any atom is -0.306 e. The van der Waals surface area contributed by atoms with Gasteiger partial charge in [-0.2, -0.15) is 0 Å². The quantitative estimate of drug-likeness (QED) is 0.679. The molecule has 3 aromatic rings. The van der Waals surface area contributed by atoms with Gasteiger partial charge in [0.2, 0.25) is 0 Å². The molecule has 84 valence electrons. The Labute approximate surface area is 107 Å². The number of hydrogen-bond acceptors (Lipinski definition) is 3. The Morgan fingerprint density at radius 2 is 1.76 bits per heavy atom. The molecule has 6 heteroatoms. The molecule has 0 fully saturated rings. The van der Waals surface area contributed by atoms with Crippen molar-refractivity contribution in [1.82, 2.24) is 19.5 Å². The summed E-state index contributed by atoms with van der Waals surface area (Å²) in [5, 5.41) is 0.427. The number of fused-ring (bicyclic) bond motifs is 1. The third-order valence-electron chi connectivity index (χ3n) is 2.37. The zero-order valence-corrected chi connectivity index (χ0v) is 10.0. The zero-order chi connectivity index (χ0) is 11.8. The molecular weight excluding hydrogens is 259 g/mol. The zero-order valence-electron chi connectivity index (χ0n) is 8.51. The molecule has 17 heavy (non-hydrogen) atoms. The molecule has 1 aromatic carbocycles. The molecular formula is C11H6Cl2N4. The topological polar surface area (TPSA) is 43.6 Å². The molecule has 4 nitrogen and oxygen atoms in total. The van der Waals surface area contributed by atoms with Crippen LogP contribution in [0, 0.1) is 0 Å². The maximum atomic E-state index is 5.84. The van der Waals surface area contributed by atoms with Crippen LogP contribution in [-0.4, -0.2) is 19.5 Å². The molecule has 2 aromatic heterocycles. The van der Waals surface area contributed by atoms with Crippen LogP contribution in [0.3, 0.4) is 0 Å². The molecule has 0 radical (unpaired) electrons. The summed E-state index contributed by atoms with van der Waals surface area (Å²) < 4.78 is 1.88. The molecule has 0 aliphatic heterocycles. The molecule has 0 aliphatic rings. The van der Waals surface area contributed by atoms with Crippen molar-refractivity contribution in [3.8, 4) is 5.69 Å². The van der Waals surface area contributed by atoms with Crippen molar-refractivity contribution < 1.29 is 0 Å². The van der Waals surface area contributed by atoms with Gasteiger partial charge in [0.25, 0.3) is 0 Å². The van der Waals surface area contributed by atoms with Crippen molar-refractivity contribution in [2.75, 3.05) is 0 Å². The third kappa shape index (κ3) is 1.85. The second-order valence-electron chi connectivity index (χ2n) is 3.45. The van der Waals surface area contributed by atoms with Gasteiger partial charge in [-0.15, -0.1) is 0 Å². The SMILES string of the molecule is Clc1nc2ccc(-n3ccnc3)cc2nc1Cl. The highest BCUT2D eigenvalue weighted by Gasteiger charge is 2.05. The summed E-state index contributed by atoms with van der Waals surface area (Å²) in [5.41, 5.74) is 2.36. The van der Waals surface area contributed by atoms with Crippen LogP contribution in [0.4, 0.5) is 0 Å². The predicted octanol–water partition coefficient (Wildman–Crippen LogP) is 3.12. The number of halogens is 2. The number of nitrogens with zero attached hydrogens (tertiary/aromatic N) is 4. The minimum atomic E-state index is 0.210. The maximum Gasteiger partial charge on any atom is 0.167 e. The van der Waals surface area contributed by atoms with Gasteiger partial charge in [-0.3, -0.25) is 0 Å². The van der Waals surface area contributed by atoms with Crippen LogP contribution in [0.2, 0.25) is 10.3 Å². The van der Waals surface area contributed by atoms with Crippen LogP contribution in [0.15, 0.2) is 36.9 Å². The van der Waals surface area contributed by atoms with E-state index < -0.39 is 0 Å². The van der Waals surface area contributed by atoms with Crippen molar-refractivity contribution >= 4 is 34.2 Å². The lowest BCUT2D eigenvalue weighted by atomic mass is 10.2. The molecule has 0 saturated carbocycles. The van der Waals surface area contributed by atoms with Gasteiger partial charge in [0.15, 0.2) is 10.3 Å². The standard InChI is InChI=1S/C11H6Cl2N4/c12-10-11(13)16-9-5-7(1-2-8(9)15-10)17-4-3-14-6-17/h1-6H. The second-order valence-corrected chi connectivity index (χ2v) is 4.16. The molecule has 2 heterocycles. The lowest BCUT2D eigenvalue weighted by Crippen LogP contribution is -1.92. The maximum absolute atomic E-state index is 5.84.